The molecule has 0 aliphatic carbocycles. The largest absolute Gasteiger partial charge is 0.508 e. The van der Waals surface area contributed by atoms with E-state index in [1.54, 1.807) is 12.1 Å². The number of hydrogen-bond acceptors (Lipinski definition) is 4. The van der Waals surface area contributed by atoms with E-state index >= 15 is 0 Å². The fraction of sp³-hybridized carbons (Fsp3) is 0.429. The molecule has 20 heavy (non-hydrogen) atoms. The lowest BCUT2D eigenvalue weighted by Crippen LogP contribution is -2.46. The molecule has 6 nitrogen and oxygen atoms in total. The third kappa shape index (κ3) is 3.71. The van der Waals surface area contributed by atoms with Crippen LogP contribution in [0.5, 0.6) is 5.75 Å². The Bertz CT molecular complexity index is 479. The fourth-order valence-corrected chi connectivity index (χ4v) is 2.12. The first kappa shape index (κ1) is 14.3. The van der Waals surface area contributed by atoms with Crippen molar-refractivity contribution >= 4 is 11.9 Å². The molecule has 1 amide bonds. The lowest BCUT2D eigenvalue weighted by molar-refractivity contribution is -0.143. The smallest absolute Gasteiger partial charge is 0.326 e. The predicted molar refractivity (Wildman–Crippen MR) is 70.4 cm³/mol. The quantitative estimate of drug-likeness (QED) is 0.736. The van der Waals surface area contributed by atoms with E-state index in [0.717, 1.165) is 12.0 Å². The molecular formula is C14H17NO5. The molecule has 0 aromatic heterocycles. The number of hydrogen-bond donors (Lipinski definition) is 3. The van der Waals surface area contributed by atoms with Gasteiger partial charge < -0.3 is 20.3 Å². The summed E-state index contributed by atoms with van der Waals surface area (Å²) in [5.41, 5.74) is 0.725. The summed E-state index contributed by atoms with van der Waals surface area (Å²) in [4.78, 5) is 23.1. The molecule has 0 spiro atoms. The van der Waals surface area contributed by atoms with Crippen LogP contribution in [0, 0.1) is 0 Å². The van der Waals surface area contributed by atoms with Crippen LogP contribution in [0.4, 0.5) is 0 Å². The van der Waals surface area contributed by atoms with Crippen LogP contribution >= 0.6 is 0 Å². The number of phenols is 1. The Labute approximate surface area is 116 Å². The zero-order valence-electron chi connectivity index (χ0n) is 10.9. The van der Waals surface area contributed by atoms with Gasteiger partial charge in [0.25, 0.3) is 0 Å². The summed E-state index contributed by atoms with van der Waals surface area (Å²) >= 11 is 0. The van der Waals surface area contributed by atoms with Gasteiger partial charge in [-0.25, -0.2) is 4.79 Å². The Hall–Kier alpha value is -2.08. The van der Waals surface area contributed by atoms with E-state index in [4.69, 9.17) is 4.74 Å². The highest BCUT2D eigenvalue weighted by Gasteiger charge is 2.28. The van der Waals surface area contributed by atoms with E-state index in [1.165, 1.54) is 12.1 Å². The molecule has 2 atom stereocenters. The molecule has 1 unspecified atom stereocenters. The number of carboxylic acid groups (broad SMARTS) is 1. The number of benzene rings is 1. The molecule has 1 fully saturated rings. The van der Waals surface area contributed by atoms with Crippen molar-refractivity contribution in [2.24, 2.45) is 0 Å². The van der Waals surface area contributed by atoms with Crippen LogP contribution in [-0.2, 0) is 20.7 Å². The first-order chi connectivity index (χ1) is 9.56. The van der Waals surface area contributed by atoms with Gasteiger partial charge in [0.05, 0.1) is 0 Å². The van der Waals surface area contributed by atoms with Gasteiger partial charge in [0.2, 0.25) is 5.91 Å². The van der Waals surface area contributed by atoms with E-state index in [1.807, 2.05) is 0 Å². The SMILES string of the molecule is O=C(N[C@H](Cc1ccc(O)cc1)C(=O)O)C1CCCO1. The van der Waals surface area contributed by atoms with E-state index in [2.05, 4.69) is 5.32 Å². The summed E-state index contributed by atoms with van der Waals surface area (Å²) in [5.74, 6) is -1.36. The molecule has 1 aromatic carbocycles. The van der Waals surface area contributed by atoms with Crippen molar-refractivity contribution in [1.29, 1.82) is 0 Å². The molecule has 1 aliphatic rings. The normalized spacial score (nSPS) is 19.5. The second kappa shape index (κ2) is 6.38. The van der Waals surface area contributed by atoms with Gasteiger partial charge >= 0.3 is 5.97 Å². The number of carbonyl (C=O) groups excluding carboxylic acids is 1. The van der Waals surface area contributed by atoms with Crippen LogP contribution < -0.4 is 5.32 Å². The van der Waals surface area contributed by atoms with Crippen molar-refractivity contribution in [3.8, 4) is 5.75 Å². The monoisotopic (exact) mass is 279 g/mol. The topological polar surface area (TPSA) is 95.9 Å². The lowest BCUT2D eigenvalue weighted by atomic mass is 10.1. The molecule has 1 saturated heterocycles. The Morgan fingerprint density at radius 3 is 2.60 bits per heavy atom. The zero-order valence-corrected chi connectivity index (χ0v) is 10.9. The number of carbonyl (C=O) groups is 2. The standard InChI is InChI=1S/C14H17NO5/c16-10-5-3-9(4-6-10)8-11(14(18)19)15-13(17)12-2-1-7-20-12/h3-6,11-12,16H,1-2,7-8H2,(H,15,17)(H,18,19)/t11-,12?/m1/s1. The van der Waals surface area contributed by atoms with Crippen molar-refractivity contribution < 1.29 is 24.5 Å². The molecule has 0 bridgehead atoms. The predicted octanol–water partition coefficient (Wildman–Crippen LogP) is 0.683. The average Bonchev–Trinajstić information content (AvgIpc) is 2.94. The lowest BCUT2D eigenvalue weighted by Gasteiger charge is -2.17. The van der Waals surface area contributed by atoms with Crippen molar-refractivity contribution in [1.82, 2.24) is 5.32 Å². The van der Waals surface area contributed by atoms with Crippen LogP contribution in [-0.4, -0.2) is 40.8 Å². The maximum absolute atomic E-state index is 11.9. The first-order valence-electron chi connectivity index (χ1n) is 6.49. The van der Waals surface area contributed by atoms with Crippen LogP contribution in [0.2, 0.25) is 0 Å². The highest BCUT2D eigenvalue weighted by molar-refractivity contribution is 5.86. The average molecular weight is 279 g/mol. The summed E-state index contributed by atoms with van der Waals surface area (Å²) in [6.45, 7) is 0.536. The minimum absolute atomic E-state index is 0.115. The molecule has 0 radical (unpaired) electrons. The number of aliphatic carboxylic acids is 1. The van der Waals surface area contributed by atoms with Gasteiger partial charge in [-0.05, 0) is 30.5 Å². The van der Waals surface area contributed by atoms with Crippen LogP contribution in [0.15, 0.2) is 24.3 Å². The van der Waals surface area contributed by atoms with Gasteiger partial charge in [0, 0.05) is 13.0 Å². The number of nitrogens with one attached hydrogen (secondary N) is 1. The van der Waals surface area contributed by atoms with Gasteiger partial charge in [-0.1, -0.05) is 12.1 Å². The fourth-order valence-electron chi connectivity index (χ4n) is 2.12. The summed E-state index contributed by atoms with van der Waals surface area (Å²) in [6, 6.07) is 5.22. The Morgan fingerprint density at radius 1 is 1.35 bits per heavy atom. The third-order valence-corrected chi connectivity index (χ3v) is 3.21. The van der Waals surface area contributed by atoms with Crippen molar-refractivity contribution in [3.63, 3.8) is 0 Å². The molecular weight excluding hydrogens is 262 g/mol. The molecule has 1 aliphatic heterocycles. The second-order valence-electron chi connectivity index (χ2n) is 4.77. The molecule has 6 heteroatoms. The van der Waals surface area contributed by atoms with Gasteiger partial charge in [-0.3, -0.25) is 4.79 Å². The molecule has 3 N–H and O–H groups in total. The van der Waals surface area contributed by atoms with Crippen molar-refractivity contribution in [2.75, 3.05) is 6.61 Å². The maximum atomic E-state index is 11.9. The highest BCUT2D eigenvalue weighted by Crippen LogP contribution is 2.14. The van der Waals surface area contributed by atoms with E-state index in [0.29, 0.717) is 13.0 Å². The molecule has 2 rings (SSSR count). The summed E-state index contributed by atoms with van der Waals surface area (Å²) in [6.07, 6.45) is 1.05. The van der Waals surface area contributed by atoms with Gasteiger partial charge in [0.15, 0.2) is 0 Å². The zero-order chi connectivity index (χ0) is 14.5. The number of carboxylic acids is 1. The number of ether oxygens (including phenoxy) is 1. The van der Waals surface area contributed by atoms with Crippen LogP contribution in [0.3, 0.4) is 0 Å². The third-order valence-electron chi connectivity index (χ3n) is 3.21. The maximum Gasteiger partial charge on any atom is 0.326 e. The second-order valence-corrected chi connectivity index (χ2v) is 4.77. The van der Waals surface area contributed by atoms with Gasteiger partial charge in [-0.15, -0.1) is 0 Å². The van der Waals surface area contributed by atoms with Crippen LogP contribution in [0.1, 0.15) is 18.4 Å². The summed E-state index contributed by atoms with van der Waals surface area (Å²) in [7, 11) is 0. The Balaban J connectivity index is 1.98. The van der Waals surface area contributed by atoms with Crippen molar-refractivity contribution in [3.05, 3.63) is 29.8 Å². The number of rotatable bonds is 5. The number of amides is 1. The number of aromatic hydroxyl groups is 1. The highest BCUT2D eigenvalue weighted by atomic mass is 16.5. The minimum atomic E-state index is -1.09. The van der Waals surface area contributed by atoms with E-state index in [-0.39, 0.29) is 18.1 Å². The number of phenolic OH excluding ortho intramolecular Hbond substituents is 1. The summed E-state index contributed by atoms with van der Waals surface area (Å²) < 4.78 is 5.22. The van der Waals surface area contributed by atoms with Crippen LogP contribution in [0.25, 0.3) is 0 Å². The van der Waals surface area contributed by atoms with Gasteiger partial charge in [0.1, 0.15) is 17.9 Å². The Kier molecular flexibility index (Phi) is 4.57. The van der Waals surface area contributed by atoms with Crippen molar-refractivity contribution in [2.45, 2.75) is 31.4 Å². The minimum Gasteiger partial charge on any atom is -0.508 e. The molecule has 1 heterocycles. The van der Waals surface area contributed by atoms with Gasteiger partial charge in [-0.2, -0.15) is 0 Å². The molecule has 1 aromatic rings. The van der Waals surface area contributed by atoms with E-state index < -0.39 is 18.1 Å². The summed E-state index contributed by atoms with van der Waals surface area (Å²) in [5, 5.41) is 20.9. The molecule has 108 valence electrons. The molecule has 0 saturated carbocycles. The van der Waals surface area contributed by atoms with E-state index in [9.17, 15) is 19.8 Å². The first-order valence-corrected chi connectivity index (χ1v) is 6.49. The Morgan fingerprint density at radius 2 is 2.05 bits per heavy atom.